The Hall–Kier alpha value is -3.87. The van der Waals surface area contributed by atoms with Crippen molar-refractivity contribution in [1.29, 1.82) is 0 Å². The summed E-state index contributed by atoms with van der Waals surface area (Å²) in [5.41, 5.74) is 3.72. The Morgan fingerprint density at radius 2 is 1.97 bits per heavy atom. The fourth-order valence-electron chi connectivity index (χ4n) is 5.50. The Labute approximate surface area is 217 Å². The summed E-state index contributed by atoms with van der Waals surface area (Å²) in [6.45, 7) is 4.09. The molecule has 0 bridgehead atoms. The van der Waals surface area contributed by atoms with Gasteiger partial charge in [0.1, 0.15) is 11.6 Å². The van der Waals surface area contributed by atoms with Gasteiger partial charge in [-0.15, -0.1) is 0 Å². The molecule has 0 unspecified atom stereocenters. The predicted molar refractivity (Wildman–Crippen MR) is 146 cm³/mol. The first-order chi connectivity index (χ1) is 17.9. The van der Waals surface area contributed by atoms with E-state index in [1.165, 1.54) is 0 Å². The molecule has 0 aliphatic carbocycles. The first-order valence-corrected chi connectivity index (χ1v) is 13.0. The van der Waals surface area contributed by atoms with Crippen molar-refractivity contribution < 1.29 is 14.3 Å². The minimum Gasteiger partial charge on any atom is -0.496 e. The van der Waals surface area contributed by atoms with Crippen LogP contribution in [0.15, 0.2) is 54.6 Å². The van der Waals surface area contributed by atoms with Crippen molar-refractivity contribution in [3.8, 4) is 5.75 Å². The second kappa shape index (κ2) is 10.2. The summed E-state index contributed by atoms with van der Waals surface area (Å²) in [4.78, 5) is 33.5. The van der Waals surface area contributed by atoms with E-state index in [0.29, 0.717) is 32.1 Å². The van der Waals surface area contributed by atoms with Crippen LogP contribution in [0.3, 0.4) is 0 Å². The van der Waals surface area contributed by atoms with Crippen LogP contribution in [0.4, 0.5) is 0 Å². The van der Waals surface area contributed by atoms with E-state index < -0.39 is 5.54 Å². The normalized spacial score (nSPS) is 18.2. The van der Waals surface area contributed by atoms with E-state index in [-0.39, 0.29) is 17.9 Å². The van der Waals surface area contributed by atoms with Gasteiger partial charge in [0, 0.05) is 23.8 Å². The molecule has 1 aliphatic rings. The molecule has 3 aromatic carbocycles. The lowest BCUT2D eigenvalue weighted by molar-refractivity contribution is -0.123. The molecular formula is C30H34N4O3. The van der Waals surface area contributed by atoms with Crippen LogP contribution < -0.4 is 15.4 Å². The molecule has 0 radical (unpaired) electrons. The first-order valence-electron chi connectivity index (χ1n) is 13.0. The van der Waals surface area contributed by atoms with E-state index in [1.807, 2.05) is 44.2 Å². The minimum atomic E-state index is -0.454. The largest absolute Gasteiger partial charge is 0.496 e. The van der Waals surface area contributed by atoms with Gasteiger partial charge in [0.15, 0.2) is 0 Å². The Balaban J connectivity index is 1.31. The van der Waals surface area contributed by atoms with Crippen molar-refractivity contribution >= 4 is 33.6 Å². The molecule has 2 heterocycles. The van der Waals surface area contributed by atoms with Crippen molar-refractivity contribution in [3.05, 3.63) is 71.5 Å². The Morgan fingerprint density at radius 3 is 2.70 bits per heavy atom. The number of aryl methyl sites for hydroxylation is 1. The number of methoxy groups -OCH3 is 1. The average Bonchev–Trinajstić information content (AvgIpc) is 3.49. The molecule has 7 nitrogen and oxygen atoms in total. The zero-order valence-corrected chi connectivity index (χ0v) is 21.7. The van der Waals surface area contributed by atoms with Crippen LogP contribution in [0.2, 0.25) is 0 Å². The summed E-state index contributed by atoms with van der Waals surface area (Å²) in [6, 6.07) is 18.1. The van der Waals surface area contributed by atoms with Gasteiger partial charge in [-0.05, 0) is 67.3 Å². The number of carbonyl (C=O) groups is 2. The van der Waals surface area contributed by atoms with Crippen molar-refractivity contribution in [2.45, 2.75) is 64.0 Å². The lowest BCUT2D eigenvalue weighted by Gasteiger charge is -2.30. The number of aromatic nitrogens is 2. The first kappa shape index (κ1) is 24.8. The molecule has 5 rings (SSSR count). The van der Waals surface area contributed by atoms with Crippen LogP contribution in [0.1, 0.15) is 62.0 Å². The molecule has 1 aliphatic heterocycles. The molecule has 1 saturated heterocycles. The molecule has 4 aromatic rings. The van der Waals surface area contributed by atoms with Gasteiger partial charge in [0.05, 0.1) is 24.2 Å². The molecular weight excluding hydrogens is 464 g/mol. The molecule has 3 N–H and O–H groups in total. The van der Waals surface area contributed by atoms with E-state index >= 15 is 0 Å². The number of amides is 2. The van der Waals surface area contributed by atoms with Gasteiger partial charge < -0.3 is 20.4 Å². The van der Waals surface area contributed by atoms with Crippen LogP contribution >= 0.6 is 0 Å². The van der Waals surface area contributed by atoms with Crippen molar-refractivity contribution in [1.82, 2.24) is 20.6 Å². The third-order valence-electron chi connectivity index (χ3n) is 7.52. The highest BCUT2D eigenvalue weighted by molar-refractivity contribution is 5.91. The van der Waals surface area contributed by atoms with Crippen LogP contribution in [-0.2, 0) is 16.0 Å². The number of H-pyrrole nitrogens is 1. The quantitative estimate of drug-likeness (QED) is 0.293. The van der Waals surface area contributed by atoms with E-state index in [1.54, 1.807) is 7.11 Å². The van der Waals surface area contributed by atoms with Crippen LogP contribution in [0, 0.1) is 6.92 Å². The highest BCUT2D eigenvalue weighted by Crippen LogP contribution is 2.35. The summed E-state index contributed by atoms with van der Waals surface area (Å²) >= 11 is 0. The van der Waals surface area contributed by atoms with Crippen molar-refractivity contribution in [2.75, 3.05) is 7.11 Å². The van der Waals surface area contributed by atoms with Crippen molar-refractivity contribution in [3.63, 3.8) is 0 Å². The van der Waals surface area contributed by atoms with E-state index in [2.05, 4.69) is 39.9 Å². The summed E-state index contributed by atoms with van der Waals surface area (Å²) in [5, 5.41) is 8.53. The van der Waals surface area contributed by atoms with Gasteiger partial charge in [0.2, 0.25) is 11.8 Å². The summed E-state index contributed by atoms with van der Waals surface area (Å²) in [7, 11) is 1.68. The Kier molecular flexibility index (Phi) is 6.87. The van der Waals surface area contributed by atoms with Gasteiger partial charge >= 0.3 is 0 Å². The monoisotopic (exact) mass is 498 g/mol. The Bertz CT molecular complexity index is 1460. The lowest BCUT2D eigenvalue weighted by Crippen LogP contribution is -2.44. The van der Waals surface area contributed by atoms with Gasteiger partial charge in [-0.1, -0.05) is 43.3 Å². The highest BCUT2D eigenvalue weighted by atomic mass is 16.5. The predicted octanol–water partition coefficient (Wildman–Crippen LogP) is 5.27. The van der Waals surface area contributed by atoms with Crippen LogP contribution in [0.5, 0.6) is 5.75 Å². The number of benzene rings is 3. The smallest absolute Gasteiger partial charge is 0.220 e. The Morgan fingerprint density at radius 1 is 1.16 bits per heavy atom. The SMILES string of the molecule is CC[C@@H](NC(=O)CC[C@@]1(Cc2ccc(OC)c3ccccc23)CCC(=O)N1)c1nc2ccc(C)cc2[nH]1. The van der Waals surface area contributed by atoms with Gasteiger partial charge in [-0.25, -0.2) is 4.98 Å². The highest BCUT2D eigenvalue weighted by Gasteiger charge is 2.38. The average molecular weight is 499 g/mol. The molecule has 2 amide bonds. The number of nitrogens with zero attached hydrogens (tertiary/aromatic N) is 1. The third-order valence-corrected chi connectivity index (χ3v) is 7.52. The number of aromatic amines is 1. The van der Waals surface area contributed by atoms with E-state index in [9.17, 15) is 9.59 Å². The number of nitrogens with one attached hydrogen (secondary N) is 3. The number of rotatable bonds is 9. The minimum absolute atomic E-state index is 0.0383. The molecule has 192 valence electrons. The topological polar surface area (TPSA) is 96.1 Å². The third kappa shape index (κ3) is 5.17. The zero-order valence-electron chi connectivity index (χ0n) is 21.7. The van der Waals surface area contributed by atoms with Crippen LogP contribution in [-0.4, -0.2) is 34.4 Å². The summed E-state index contributed by atoms with van der Waals surface area (Å²) < 4.78 is 5.55. The fraction of sp³-hybridized carbons (Fsp3) is 0.367. The van der Waals surface area contributed by atoms with E-state index in [0.717, 1.165) is 50.9 Å². The molecule has 2 atom stereocenters. The molecule has 0 saturated carbocycles. The van der Waals surface area contributed by atoms with Gasteiger partial charge in [0.25, 0.3) is 0 Å². The second-order valence-corrected chi connectivity index (χ2v) is 10.1. The maximum atomic E-state index is 13.1. The number of carbonyl (C=O) groups excluding carboxylic acids is 2. The van der Waals surface area contributed by atoms with E-state index in [4.69, 9.17) is 9.72 Å². The van der Waals surface area contributed by atoms with Crippen LogP contribution in [0.25, 0.3) is 21.8 Å². The standard InChI is InChI=1S/C30H34N4O3/c1-4-23(29-32-24-11-9-19(2)17-25(24)33-29)31-27(35)13-15-30(16-14-28(36)34-30)18-20-10-12-26(37-3)22-8-6-5-7-21(20)22/h5-12,17,23H,4,13-16,18H2,1-3H3,(H,31,35)(H,32,33)(H,34,36)/t23-,30+/m1/s1. The number of ether oxygens (including phenoxy) is 1. The summed E-state index contributed by atoms with van der Waals surface area (Å²) in [5.74, 6) is 1.60. The lowest BCUT2D eigenvalue weighted by atomic mass is 9.83. The molecule has 0 spiro atoms. The number of hydrogen-bond acceptors (Lipinski definition) is 4. The number of hydrogen-bond donors (Lipinski definition) is 3. The molecule has 7 heteroatoms. The van der Waals surface area contributed by atoms with Gasteiger partial charge in [-0.2, -0.15) is 0 Å². The summed E-state index contributed by atoms with van der Waals surface area (Å²) in [6.07, 6.45) is 3.47. The van der Waals surface area contributed by atoms with Gasteiger partial charge in [-0.3, -0.25) is 9.59 Å². The molecule has 1 aromatic heterocycles. The maximum absolute atomic E-state index is 13.1. The maximum Gasteiger partial charge on any atom is 0.220 e. The number of imidazole rings is 1. The second-order valence-electron chi connectivity index (χ2n) is 10.1. The molecule has 1 fully saturated rings. The fourth-order valence-corrected chi connectivity index (χ4v) is 5.50. The number of fused-ring (bicyclic) bond motifs is 2. The molecule has 37 heavy (non-hydrogen) atoms. The zero-order chi connectivity index (χ0) is 26.0. The van der Waals surface area contributed by atoms with Crippen molar-refractivity contribution in [2.24, 2.45) is 0 Å².